The Bertz CT molecular complexity index is 588. The number of anilines is 1. The Morgan fingerprint density at radius 1 is 1.00 bits per heavy atom. The monoisotopic (exact) mass is 309 g/mol. The van der Waals surface area contributed by atoms with Gasteiger partial charge in [-0.05, 0) is 54.7 Å². The van der Waals surface area contributed by atoms with Gasteiger partial charge in [0.1, 0.15) is 5.82 Å². The van der Waals surface area contributed by atoms with Gasteiger partial charge in [-0.2, -0.15) is 0 Å². The maximum Gasteiger partial charge on any atom is 0.126 e. The molecule has 0 bridgehead atoms. The minimum Gasteiger partial charge on any atom is -0.378 e. The lowest BCUT2D eigenvalue weighted by Crippen LogP contribution is -2.13. The van der Waals surface area contributed by atoms with Crippen molar-refractivity contribution in [2.45, 2.75) is 18.9 Å². The molecule has 0 spiro atoms. The SMILES string of the molecule is Fc1cc(Cl)cc(NC(c2ccc(Cl)cc2)C2CC2)c1. The molecule has 2 aromatic carbocycles. The van der Waals surface area contributed by atoms with E-state index < -0.39 is 0 Å². The molecule has 1 fully saturated rings. The molecule has 0 amide bonds. The zero-order chi connectivity index (χ0) is 14.1. The third kappa shape index (κ3) is 3.25. The van der Waals surface area contributed by atoms with Gasteiger partial charge < -0.3 is 5.32 Å². The lowest BCUT2D eigenvalue weighted by molar-refractivity contribution is 0.626. The van der Waals surface area contributed by atoms with Crippen molar-refractivity contribution in [3.63, 3.8) is 0 Å². The number of nitrogens with one attached hydrogen (secondary N) is 1. The number of rotatable bonds is 4. The van der Waals surface area contributed by atoms with E-state index in [1.807, 2.05) is 24.3 Å². The van der Waals surface area contributed by atoms with Gasteiger partial charge in [-0.3, -0.25) is 0 Å². The summed E-state index contributed by atoms with van der Waals surface area (Å²) in [6.07, 6.45) is 2.37. The molecule has 1 saturated carbocycles. The lowest BCUT2D eigenvalue weighted by atomic mass is 10.0. The van der Waals surface area contributed by atoms with E-state index in [1.165, 1.54) is 25.0 Å². The molecular formula is C16H14Cl2FN. The normalized spacial score (nSPS) is 15.9. The molecule has 2 aromatic rings. The second-order valence-corrected chi connectivity index (χ2v) is 6.04. The highest BCUT2D eigenvalue weighted by Gasteiger charge is 2.32. The summed E-state index contributed by atoms with van der Waals surface area (Å²) in [5.74, 6) is 0.254. The van der Waals surface area contributed by atoms with Crippen LogP contribution in [0.25, 0.3) is 0 Å². The van der Waals surface area contributed by atoms with Crippen molar-refractivity contribution in [3.8, 4) is 0 Å². The molecule has 0 aromatic heterocycles. The van der Waals surface area contributed by atoms with Crippen LogP contribution in [0.2, 0.25) is 10.0 Å². The minimum atomic E-state index is -0.328. The van der Waals surface area contributed by atoms with E-state index in [0.717, 1.165) is 10.6 Å². The van der Waals surface area contributed by atoms with E-state index in [4.69, 9.17) is 23.2 Å². The second kappa shape index (κ2) is 5.63. The van der Waals surface area contributed by atoms with E-state index in [-0.39, 0.29) is 11.9 Å². The van der Waals surface area contributed by atoms with Gasteiger partial charge in [0, 0.05) is 15.7 Å². The number of hydrogen-bond donors (Lipinski definition) is 1. The quantitative estimate of drug-likeness (QED) is 0.764. The first-order chi connectivity index (χ1) is 9.61. The first kappa shape index (κ1) is 13.7. The zero-order valence-corrected chi connectivity index (χ0v) is 12.3. The van der Waals surface area contributed by atoms with Gasteiger partial charge >= 0.3 is 0 Å². The summed E-state index contributed by atoms with van der Waals surface area (Å²) in [6, 6.07) is 12.5. The van der Waals surface area contributed by atoms with E-state index in [1.54, 1.807) is 6.07 Å². The molecule has 0 aliphatic heterocycles. The molecule has 0 radical (unpaired) electrons. The van der Waals surface area contributed by atoms with Gasteiger partial charge in [-0.1, -0.05) is 35.3 Å². The highest BCUT2D eigenvalue weighted by Crippen LogP contribution is 2.43. The van der Waals surface area contributed by atoms with Crippen LogP contribution >= 0.6 is 23.2 Å². The first-order valence-corrected chi connectivity index (χ1v) is 7.35. The number of benzene rings is 2. The Balaban J connectivity index is 1.86. The van der Waals surface area contributed by atoms with Gasteiger partial charge in [0.25, 0.3) is 0 Å². The van der Waals surface area contributed by atoms with E-state index >= 15 is 0 Å². The molecule has 1 N–H and O–H groups in total. The molecule has 1 aliphatic carbocycles. The molecular weight excluding hydrogens is 296 g/mol. The average molecular weight is 310 g/mol. The Hall–Kier alpha value is -1.25. The van der Waals surface area contributed by atoms with Crippen LogP contribution in [0.15, 0.2) is 42.5 Å². The molecule has 1 unspecified atom stereocenters. The van der Waals surface area contributed by atoms with Crippen molar-refractivity contribution in [1.29, 1.82) is 0 Å². The summed E-state index contributed by atoms with van der Waals surface area (Å²) >= 11 is 11.8. The lowest BCUT2D eigenvalue weighted by Gasteiger charge is -2.20. The minimum absolute atomic E-state index is 0.171. The van der Waals surface area contributed by atoms with Gasteiger partial charge in [-0.25, -0.2) is 4.39 Å². The first-order valence-electron chi connectivity index (χ1n) is 6.60. The summed E-state index contributed by atoms with van der Waals surface area (Å²) in [5.41, 5.74) is 1.87. The predicted octanol–water partition coefficient (Wildman–Crippen LogP) is 5.70. The van der Waals surface area contributed by atoms with Crippen molar-refractivity contribution in [1.82, 2.24) is 0 Å². The predicted molar refractivity (Wildman–Crippen MR) is 81.9 cm³/mol. The molecule has 1 aliphatic rings. The van der Waals surface area contributed by atoms with Crippen LogP contribution in [0, 0.1) is 11.7 Å². The average Bonchev–Trinajstić information content (AvgIpc) is 3.20. The Kier molecular flexibility index (Phi) is 3.86. The summed E-state index contributed by atoms with van der Waals surface area (Å²) in [7, 11) is 0. The Morgan fingerprint density at radius 2 is 1.70 bits per heavy atom. The highest BCUT2D eigenvalue weighted by molar-refractivity contribution is 6.31. The summed E-state index contributed by atoms with van der Waals surface area (Å²) in [6.45, 7) is 0. The largest absolute Gasteiger partial charge is 0.378 e. The van der Waals surface area contributed by atoms with Crippen LogP contribution in [0.5, 0.6) is 0 Å². The third-order valence-electron chi connectivity index (χ3n) is 3.51. The standard InChI is InChI=1S/C16H14Cl2FN/c17-12-5-3-11(4-6-12)16(10-1-2-10)20-15-8-13(18)7-14(19)9-15/h3-10,16,20H,1-2H2. The fourth-order valence-electron chi connectivity index (χ4n) is 2.39. The van der Waals surface area contributed by atoms with Gasteiger partial charge in [-0.15, -0.1) is 0 Å². The summed E-state index contributed by atoms with van der Waals surface area (Å²) in [5, 5.41) is 4.51. The van der Waals surface area contributed by atoms with Crippen molar-refractivity contribution in [3.05, 3.63) is 63.9 Å². The van der Waals surface area contributed by atoms with Crippen molar-refractivity contribution in [2.24, 2.45) is 5.92 Å². The molecule has 0 heterocycles. The molecule has 1 atom stereocenters. The fourth-order valence-corrected chi connectivity index (χ4v) is 2.74. The molecule has 104 valence electrons. The van der Waals surface area contributed by atoms with E-state index in [2.05, 4.69) is 5.32 Å². The smallest absolute Gasteiger partial charge is 0.126 e. The number of hydrogen-bond acceptors (Lipinski definition) is 1. The van der Waals surface area contributed by atoms with Crippen molar-refractivity contribution < 1.29 is 4.39 Å². The molecule has 0 saturated heterocycles. The third-order valence-corrected chi connectivity index (χ3v) is 3.98. The topological polar surface area (TPSA) is 12.0 Å². The van der Waals surface area contributed by atoms with Crippen LogP contribution in [-0.4, -0.2) is 0 Å². The van der Waals surface area contributed by atoms with E-state index in [0.29, 0.717) is 16.6 Å². The fraction of sp³-hybridized carbons (Fsp3) is 0.250. The number of halogens is 3. The van der Waals surface area contributed by atoms with Crippen molar-refractivity contribution in [2.75, 3.05) is 5.32 Å². The van der Waals surface area contributed by atoms with Crippen LogP contribution in [0.1, 0.15) is 24.4 Å². The molecule has 1 nitrogen and oxygen atoms in total. The van der Waals surface area contributed by atoms with E-state index in [9.17, 15) is 4.39 Å². The zero-order valence-electron chi connectivity index (χ0n) is 10.7. The molecule has 4 heteroatoms. The van der Waals surface area contributed by atoms with Gasteiger partial charge in [0.2, 0.25) is 0 Å². The van der Waals surface area contributed by atoms with Gasteiger partial charge in [0.15, 0.2) is 0 Å². The maximum atomic E-state index is 13.4. The molecule has 3 rings (SSSR count). The van der Waals surface area contributed by atoms with Crippen LogP contribution in [0.4, 0.5) is 10.1 Å². The van der Waals surface area contributed by atoms with Crippen molar-refractivity contribution >= 4 is 28.9 Å². The maximum absolute atomic E-state index is 13.4. The van der Waals surface area contributed by atoms with Crippen LogP contribution < -0.4 is 5.32 Å². The summed E-state index contributed by atoms with van der Waals surface area (Å²) in [4.78, 5) is 0. The Labute approximate surface area is 127 Å². The van der Waals surface area contributed by atoms with Crippen LogP contribution in [-0.2, 0) is 0 Å². The second-order valence-electron chi connectivity index (χ2n) is 5.17. The van der Waals surface area contributed by atoms with Crippen LogP contribution in [0.3, 0.4) is 0 Å². The Morgan fingerprint density at radius 3 is 2.30 bits per heavy atom. The highest BCUT2D eigenvalue weighted by atomic mass is 35.5. The summed E-state index contributed by atoms with van der Waals surface area (Å²) < 4.78 is 13.4. The van der Waals surface area contributed by atoms with Gasteiger partial charge in [0.05, 0.1) is 6.04 Å². The molecule has 20 heavy (non-hydrogen) atoms.